The molecule has 0 spiro atoms. The number of benzene rings is 1. The van der Waals surface area contributed by atoms with E-state index in [9.17, 15) is 8.42 Å². The van der Waals surface area contributed by atoms with Crippen molar-refractivity contribution < 1.29 is 8.42 Å². The lowest BCUT2D eigenvalue weighted by Gasteiger charge is -2.38. The highest BCUT2D eigenvalue weighted by atomic mass is 32.2. The molecule has 6 heteroatoms. The highest BCUT2D eigenvalue weighted by molar-refractivity contribution is 7.89. The molecule has 1 aromatic rings. The molecular formula is C14H23N3O2S. The van der Waals surface area contributed by atoms with Crippen molar-refractivity contribution >= 4 is 15.7 Å². The van der Waals surface area contributed by atoms with E-state index >= 15 is 0 Å². The molecule has 0 bridgehead atoms. The number of rotatable bonds is 5. The summed E-state index contributed by atoms with van der Waals surface area (Å²) in [6.45, 7) is 6.20. The molecule has 0 unspecified atom stereocenters. The largest absolute Gasteiger partial charge is 0.324 e. The summed E-state index contributed by atoms with van der Waals surface area (Å²) >= 11 is 0. The van der Waals surface area contributed by atoms with Crippen LogP contribution in [0.25, 0.3) is 0 Å². The van der Waals surface area contributed by atoms with Crippen molar-refractivity contribution in [2.45, 2.75) is 44.9 Å². The molecule has 1 aliphatic carbocycles. The van der Waals surface area contributed by atoms with Crippen LogP contribution in [0, 0.1) is 19.3 Å². The van der Waals surface area contributed by atoms with E-state index in [0.717, 1.165) is 12.8 Å². The second-order valence-corrected chi connectivity index (χ2v) is 7.78. The van der Waals surface area contributed by atoms with E-state index in [0.29, 0.717) is 28.3 Å². The number of anilines is 1. The summed E-state index contributed by atoms with van der Waals surface area (Å²) in [5, 5.41) is 0. The molecule has 2 rings (SSSR count). The Balaban J connectivity index is 2.25. The van der Waals surface area contributed by atoms with Gasteiger partial charge in [0.15, 0.2) is 0 Å². The maximum absolute atomic E-state index is 12.5. The molecule has 4 N–H and O–H groups in total. The van der Waals surface area contributed by atoms with Crippen LogP contribution in [-0.4, -0.2) is 15.0 Å². The van der Waals surface area contributed by atoms with Gasteiger partial charge in [-0.15, -0.1) is 0 Å². The predicted octanol–water partition coefficient (Wildman–Crippen LogP) is 2.06. The van der Waals surface area contributed by atoms with Gasteiger partial charge in [0.25, 0.3) is 0 Å². The van der Waals surface area contributed by atoms with Gasteiger partial charge in [0.1, 0.15) is 0 Å². The van der Waals surface area contributed by atoms with E-state index in [1.165, 1.54) is 6.42 Å². The van der Waals surface area contributed by atoms with Gasteiger partial charge < -0.3 is 5.43 Å². The summed E-state index contributed by atoms with van der Waals surface area (Å²) in [5.74, 6) is 5.37. The third-order valence-corrected chi connectivity index (χ3v) is 5.85. The van der Waals surface area contributed by atoms with Crippen molar-refractivity contribution in [3.8, 4) is 0 Å². The highest BCUT2D eigenvalue weighted by Crippen LogP contribution is 2.39. The zero-order chi connectivity index (χ0) is 15.0. The van der Waals surface area contributed by atoms with Crippen molar-refractivity contribution in [1.82, 2.24) is 4.72 Å². The Morgan fingerprint density at radius 2 is 1.80 bits per heavy atom. The molecule has 1 aliphatic rings. The Hall–Kier alpha value is -1.11. The Morgan fingerprint density at radius 3 is 2.20 bits per heavy atom. The van der Waals surface area contributed by atoms with E-state index in [1.807, 2.05) is 0 Å². The van der Waals surface area contributed by atoms with E-state index in [1.54, 1.807) is 26.0 Å². The summed E-state index contributed by atoms with van der Waals surface area (Å²) in [4.78, 5) is 0.361. The van der Waals surface area contributed by atoms with Crippen molar-refractivity contribution in [2.24, 2.45) is 11.3 Å². The van der Waals surface area contributed by atoms with Gasteiger partial charge in [0, 0.05) is 12.2 Å². The number of sulfonamides is 1. The fourth-order valence-electron chi connectivity index (χ4n) is 2.76. The molecule has 1 aromatic carbocycles. The second-order valence-electron chi connectivity index (χ2n) is 6.07. The number of aryl methyl sites for hydroxylation is 2. The first-order chi connectivity index (χ1) is 9.27. The van der Waals surface area contributed by atoms with Crippen LogP contribution in [0.4, 0.5) is 5.69 Å². The lowest BCUT2D eigenvalue weighted by molar-refractivity contribution is 0.166. The molecule has 0 aliphatic heterocycles. The fourth-order valence-corrected chi connectivity index (χ4v) is 4.40. The SMILES string of the molecule is Cc1cc(NN)cc(C)c1S(=O)(=O)NCC1(C)CCC1. The van der Waals surface area contributed by atoms with Crippen LogP contribution < -0.4 is 16.0 Å². The average Bonchev–Trinajstić information content (AvgIpc) is 2.32. The lowest BCUT2D eigenvalue weighted by Crippen LogP contribution is -2.40. The Kier molecular flexibility index (Phi) is 4.09. The molecule has 1 saturated carbocycles. The predicted molar refractivity (Wildman–Crippen MR) is 80.9 cm³/mol. The zero-order valence-electron chi connectivity index (χ0n) is 12.3. The maximum atomic E-state index is 12.5. The monoisotopic (exact) mass is 297 g/mol. The lowest BCUT2D eigenvalue weighted by atomic mass is 9.71. The number of nitrogens with two attached hydrogens (primary N) is 1. The summed E-state index contributed by atoms with van der Waals surface area (Å²) in [5.41, 5.74) is 4.77. The topological polar surface area (TPSA) is 84.2 Å². The van der Waals surface area contributed by atoms with Crippen LogP contribution in [0.2, 0.25) is 0 Å². The Bertz CT molecular complexity index is 584. The van der Waals surface area contributed by atoms with Gasteiger partial charge in [-0.1, -0.05) is 13.3 Å². The number of nitrogens with one attached hydrogen (secondary N) is 2. The standard InChI is InChI=1S/C14H23N3O2S/c1-10-7-12(17-15)8-11(2)13(10)20(18,19)16-9-14(3)5-4-6-14/h7-8,16-17H,4-6,9,15H2,1-3H3. The van der Waals surface area contributed by atoms with Gasteiger partial charge in [-0.05, 0) is 55.4 Å². The molecule has 0 aromatic heterocycles. The van der Waals surface area contributed by atoms with Gasteiger partial charge in [-0.2, -0.15) is 0 Å². The molecule has 1 fully saturated rings. The molecule has 112 valence electrons. The average molecular weight is 297 g/mol. The maximum Gasteiger partial charge on any atom is 0.241 e. The highest BCUT2D eigenvalue weighted by Gasteiger charge is 2.33. The third kappa shape index (κ3) is 2.97. The Morgan fingerprint density at radius 1 is 1.25 bits per heavy atom. The molecule has 20 heavy (non-hydrogen) atoms. The molecule has 0 heterocycles. The summed E-state index contributed by atoms with van der Waals surface area (Å²) in [6.07, 6.45) is 3.36. The quantitative estimate of drug-likeness (QED) is 0.574. The minimum absolute atomic E-state index is 0.119. The molecule has 0 amide bonds. The summed E-state index contributed by atoms with van der Waals surface area (Å²) in [7, 11) is -3.47. The number of nitrogen functional groups attached to an aromatic ring is 1. The number of hydrazine groups is 1. The first-order valence-electron chi connectivity index (χ1n) is 6.85. The Labute approximate surface area is 121 Å². The minimum atomic E-state index is -3.47. The molecule has 5 nitrogen and oxygen atoms in total. The second kappa shape index (κ2) is 5.35. The summed E-state index contributed by atoms with van der Waals surface area (Å²) in [6, 6.07) is 3.49. The van der Waals surface area contributed by atoms with Crippen molar-refractivity contribution in [1.29, 1.82) is 0 Å². The van der Waals surface area contributed by atoms with Gasteiger partial charge in [-0.25, -0.2) is 13.1 Å². The van der Waals surface area contributed by atoms with Crippen molar-refractivity contribution in [3.05, 3.63) is 23.3 Å². The van der Waals surface area contributed by atoms with E-state index in [4.69, 9.17) is 5.84 Å². The van der Waals surface area contributed by atoms with Crippen LogP contribution in [0.5, 0.6) is 0 Å². The van der Waals surface area contributed by atoms with Gasteiger partial charge in [-0.3, -0.25) is 5.84 Å². The molecule has 0 saturated heterocycles. The van der Waals surface area contributed by atoms with Crippen molar-refractivity contribution in [3.63, 3.8) is 0 Å². The fraction of sp³-hybridized carbons (Fsp3) is 0.571. The van der Waals surface area contributed by atoms with Crippen LogP contribution in [-0.2, 0) is 10.0 Å². The summed E-state index contributed by atoms with van der Waals surface area (Å²) < 4.78 is 27.8. The molecule has 0 radical (unpaired) electrons. The van der Waals surface area contributed by atoms with Crippen LogP contribution >= 0.6 is 0 Å². The van der Waals surface area contributed by atoms with Crippen LogP contribution in [0.1, 0.15) is 37.3 Å². The zero-order valence-corrected chi connectivity index (χ0v) is 13.1. The van der Waals surface area contributed by atoms with Crippen LogP contribution in [0.15, 0.2) is 17.0 Å². The molecule has 0 atom stereocenters. The number of hydrogen-bond donors (Lipinski definition) is 3. The minimum Gasteiger partial charge on any atom is -0.324 e. The van der Waals surface area contributed by atoms with Gasteiger partial charge >= 0.3 is 0 Å². The van der Waals surface area contributed by atoms with Crippen LogP contribution in [0.3, 0.4) is 0 Å². The first-order valence-corrected chi connectivity index (χ1v) is 8.33. The molecular weight excluding hydrogens is 274 g/mol. The smallest absolute Gasteiger partial charge is 0.241 e. The van der Waals surface area contributed by atoms with Gasteiger partial charge in [0.2, 0.25) is 10.0 Å². The van der Waals surface area contributed by atoms with E-state index in [2.05, 4.69) is 17.1 Å². The normalized spacial score (nSPS) is 17.6. The number of hydrogen-bond acceptors (Lipinski definition) is 4. The van der Waals surface area contributed by atoms with Gasteiger partial charge in [0.05, 0.1) is 4.90 Å². The van der Waals surface area contributed by atoms with E-state index in [-0.39, 0.29) is 5.41 Å². The van der Waals surface area contributed by atoms with Crippen molar-refractivity contribution in [2.75, 3.05) is 12.0 Å². The van der Waals surface area contributed by atoms with E-state index < -0.39 is 10.0 Å². The third-order valence-electron chi connectivity index (χ3n) is 4.15. The first kappa shape index (κ1) is 15.3.